The first-order valence-corrected chi connectivity index (χ1v) is 7.77. The topological polar surface area (TPSA) is 38.7 Å². The minimum absolute atomic E-state index is 0.449. The number of fused-ring (bicyclic) bond motifs is 1. The van der Waals surface area contributed by atoms with Gasteiger partial charge in [-0.3, -0.25) is 0 Å². The second kappa shape index (κ2) is 6.08. The Hall–Kier alpha value is -1.52. The molecule has 1 heterocycles. The average Bonchev–Trinajstić information content (AvgIpc) is 2.93. The smallest absolute Gasteiger partial charge is 0.129 e. The number of ether oxygens (including phenoxy) is 2. The van der Waals surface area contributed by atoms with Crippen molar-refractivity contribution in [3.05, 3.63) is 57.6 Å². The molecule has 1 aliphatic rings. The van der Waals surface area contributed by atoms with Crippen LogP contribution in [-0.4, -0.2) is 11.7 Å². The van der Waals surface area contributed by atoms with Crippen LogP contribution in [0.25, 0.3) is 0 Å². The Kier molecular flexibility index (Phi) is 4.17. The van der Waals surface area contributed by atoms with Gasteiger partial charge in [-0.1, -0.05) is 28.1 Å². The highest BCUT2D eigenvalue weighted by atomic mass is 79.9. The van der Waals surface area contributed by atoms with Crippen LogP contribution in [0, 0.1) is 0 Å². The first-order valence-electron chi connectivity index (χ1n) is 6.98. The molecule has 1 N–H and O–H groups in total. The molecule has 1 atom stereocenters. The van der Waals surface area contributed by atoms with E-state index < -0.39 is 6.10 Å². The first-order chi connectivity index (χ1) is 10.1. The maximum Gasteiger partial charge on any atom is 0.129 e. The Morgan fingerprint density at radius 3 is 3.00 bits per heavy atom. The molecule has 2 aromatic rings. The third-order valence-electron chi connectivity index (χ3n) is 3.56. The Bertz CT molecular complexity index is 652. The molecule has 21 heavy (non-hydrogen) atoms. The third kappa shape index (κ3) is 3.22. The fourth-order valence-corrected chi connectivity index (χ4v) is 3.03. The van der Waals surface area contributed by atoms with E-state index in [2.05, 4.69) is 22.0 Å². The van der Waals surface area contributed by atoms with Crippen LogP contribution in [-0.2, 0) is 13.0 Å². The molecule has 0 unspecified atom stereocenters. The molecular formula is C17H17BrO3. The van der Waals surface area contributed by atoms with Gasteiger partial charge in [-0.25, -0.2) is 0 Å². The second-order valence-electron chi connectivity index (χ2n) is 5.19. The summed E-state index contributed by atoms with van der Waals surface area (Å²) >= 11 is 3.53. The Morgan fingerprint density at radius 2 is 2.19 bits per heavy atom. The van der Waals surface area contributed by atoms with Gasteiger partial charge in [0.25, 0.3) is 0 Å². The highest BCUT2D eigenvalue weighted by Gasteiger charge is 2.17. The number of aliphatic hydroxyl groups is 1. The van der Waals surface area contributed by atoms with Crippen molar-refractivity contribution in [2.75, 3.05) is 6.61 Å². The van der Waals surface area contributed by atoms with Crippen LogP contribution >= 0.6 is 15.9 Å². The summed E-state index contributed by atoms with van der Waals surface area (Å²) in [5.74, 6) is 1.70. The number of benzene rings is 2. The van der Waals surface area contributed by atoms with Crippen LogP contribution in [0.4, 0.5) is 0 Å². The SMILES string of the molecule is C[C@@H](O)c1cccc(OCc2cc(Br)cc3c2OCC3)c1. The Morgan fingerprint density at radius 1 is 1.33 bits per heavy atom. The highest BCUT2D eigenvalue weighted by molar-refractivity contribution is 9.10. The van der Waals surface area contributed by atoms with Gasteiger partial charge in [0.1, 0.15) is 18.1 Å². The molecule has 0 aromatic heterocycles. The van der Waals surface area contributed by atoms with E-state index in [0.717, 1.165) is 40.1 Å². The molecule has 0 saturated heterocycles. The summed E-state index contributed by atoms with van der Waals surface area (Å²) in [5.41, 5.74) is 3.11. The zero-order chi connectivity index (χ0) is 14.8. The van der Waals surface area contributed by atoms with Gasteiger partial charge >= 0.3 is 0 Å². The third-order valence-corrected chi connectivity index (χ3v) is 4.02. The number of aliphatic hydroxyl groups excluding tert-OH is 1. The van der Waals surface area contributed by atoms with Gasteiger partial charge in [0, 0.05) is 16.5 Å². The van der Waals surface area contributed by atoms with Crippen LogP contribution in [0.2, 0.25) is 0 Å². The zero-order valence-corrected chi connectivity index (χ0v) is 13.4. The minimum Gasteiger partial charge on any atom is -0.493 e. The molecular weight excluding hydrogens is 332 g/mol. The zero-order valence-electron chi connectivity index (χ0n) is 11.8. The van der Waals surface area contributed by atoms with E-state index in [1.54, 1.807) is 6.92 Å². The van der Waals surface area contributed by atoms with Gasteiger partial charge in [0.2, 0.25) is 0 Å². The Labute approximate surface area is 132 Å². The van der Waals surface area contributed by atoms with Crippen LogP contribution in [0.5, 0.6) is 11.5 Å². The maximum atomic E-state index is 9.61. The lowest BCUT2D eigenvalue weighted by Gasteiger charge is -2.12. The van der Waals surface area contributed by atoms with E-state index in [4.69, 9.17) is 9.47 Å². The average molecular weight is 349 g/mol. The van der Waals surface area contributed by atoms with Gasteiger partial charge in [-0.15, -0.1) is 0 Å². The van der Waals surface area contributed by atoms with E-state index in [-0.39, 0.29) is 0 Å². The summed E-state index contributed by atoms with van der Waals surface area (Å²) in [6.45, 7) is 2.93. The molecule has 0 bridgehead atoms. The van der Waals surface area contributed by atoms with E-state index in [1.807, 2.05) is 30.3 Å². The monoisotopic (exact) mass is 348 g/mol. The van der Waals surface area contributed by atoms with Gasteiger partial charge in [0.15, 0.2) is 0 Å². The van der Waals surface area contributed by atoms with Crippen molar-refractivity contribution in [3.8, 4) is 11.5 Å². The van der Waals surface area contributed by atoms with Gasteiger partial charge in [-0.2, -0.15) is 0 Å². The summed E-state index contributed by atoms with van der Waals surface area (Å²) in [4.78, 5) is 0. The molecule has 3 nitrogen and oxygen atoms in total. The molecule has 0 amide bonds. The van der Waals surface area contributed by atoms with Gasteiger partial charge in [-0.05, 0) is 42.3 Å². The lowest BCUT2D eigenvalue weighted by Crippen LogP contribution is -2.00. The maximum absolute atomic E-state index is 9.61. The van der Waals surface area contributed by atoms with Crippen LogP contribution in [0.15, 0.2) is 40.9 Å². The van der Waals surface area contributed by atoms with E-state index >= 15 is 0 Å². The first kappa shape index (κ1) is 14.4. The van der Waals surface area contributed by atoms with E-state index in [1.165, 1.54) is 5.56 Å². The number of halogens is 1. The fourth-order valence-electron chi connectivity index (χ4n) is 2.48. The lowest BCUT2D eigenvalue weighted by molar-refractivity contribution is 0.198. The van der Waals surface area contributed by atoms with Crippen molar-refractivity contribution >= 4 is 15.9 Å². The number of hydrogen-bond donors (Lipinski definition) is 1. The number of hydrogen-bond acceptors (Lipinski definition) is 3. The quantitative estimate of drug-likeness (QED) is 0.906. The summed E-state index contributed by atoms with van der Waals surface area (Å²) in [6.07, 6.45) is 0.450. The van der Waals surface area contributed by atoms with Crippen LogP contribution < -0.4 is 9.47 Å². The molecule has 2 aromatic carbocycles. The van der Waals surface area contributed by atoms with E-state index in [9.17, 15) is 5.11 Å². The summed E-state index contributed by atoms with van der Waals surface area (Å²) in [5, 5.41) is 9.61. The molecule has 1 aliphatic heterocycles. The predicted octanol–water partition coefficient (Wildman–Crippen LogP) is 4.02. The van der Waals surface area contributed by atoms with Gasteiger partial charge < -0.3 is 14.6 Å². The molecule has 0 aliphatic carbocycles. The molecule has 4 heteroatoms. The van der Waals surface area contributed by atoms with Crippen molar-refractivity contribution in [1.82, 2.24) is 0 Å². The second-order valence-corrected chi connectivity index (χ2v) is 6.10. The van der Waals surface area contributed by atoms with Crippen molar-refractivity contribution in [1.29, 1.82) is 0 Å². The molecule has 0 spiro atoms. The molecule has 3 rings (SSSR count). The molecule has 110 valence electrons. The summed E-state index contributed by atoms with van der Waals surface area (Å²) in [6, 6.07) is 11.7. The molecule has 0 fully saturated rings. The minimum atomic E-state index is -0.494. The molecule has 0 radical (unpaired) electrons. The summed E-state index contributed by atoms with van der Waals surface area (Å²) in [7, 11) is 0. The predicted molar refractivity (Wildman–Crippen MR) is 84.7 cm³/mol. The van der Waals surface area contributed by atoms with Crippen LogP contribution in [0.3, 0.4) is 0 Å². The summed E-state index contributed by atoms with van der Waals surface area (Å²) < 4.78 is 12.6. The fraction of sp³-hybridized carbons (Fsp3) is 0.294. The Balaban J connectivity index is 1.78. The van der Waals surface area contributed by atoms with E-state index in [0.29, 0.717) is 6.61 Å². The van der Waals surface area contributed by atoms with Gasteiger partial charge in [0.05, 0.1) is 12.7 Å². The normalized spacial score (nSPS) is 14.4. The highest BCUT2D eigenvalue weighted by Crippen LogP contribution is 2.33. The largest absolute Gasteiger partial charge is 0.493 e. The van der Waals surface area contributed by atoms with Crippen LogP contribution in [0.1, 0.15) is 29.7 Å². The van der Waals surface area contributed by atoms with Crippen molar-refractivity contribution in [2.45, 2.75) is 26.1 Å². The van der Waals surface area contributed by atoms with Crippen molar-refractivity contribution < 1.29 is 14.6 Å². The van der Waals surface area contributed by atoms with Crippen molar-refractivity contribution in [2.24, 2.45) is 0 Å². The molecule has 0 saturated carbocycles. The van der Waals surface area contributed by atoms with Crippen molar-refractivity contribution in [3.63, 3.8) is 0 Å². The lowest BCUT2D eigenvalue weighted by atomic mass is 10.1. The standard InChI is InChI=1S/C17H17BrO3/c1-11(19)12-3-2-4-16(9-12)21-10-14-8-15(18)7-13-5-6-20-17(13)14/h2-4,7-9,11,19H,5-6,10H2,1H3/t11-/m1/s1. The number of rotatable bonds is 4.